The van der Waals surface area contributed by atoms with Crippen LogP contribution in [0.25, 0.3) is 0 Å². The standard InChI is InChI=1S/C22H22O3/c1-22(2,3)25-21(24)19(16-18-12-8-5-9-13-18)20(23)15-14-17-10-6-4-7-11-17/h4-13,19H,16H2,1-3H3. The SMILES string of the molecule is CC(C)(C)OC(=O)C(Cc1ccccc1)C(=O)C#Cc1ccccc1. The van der Waals surface area contributed by atoms with Crippen molar-refractivity contribution in [2.45, 2.75) is 32.8 Å². The van der Waals surface area contributed by atoms with Crippen molar-refractivity contribution in [2.75, 3.05) is 0 Å². The summed E-state index contributed by atoms with van der Waals surface area (Å²) in [4.78, 5) is 25.1. The molecule has 3 nitrogen and oxygen atoms in total. The fourth-order valence-electron chi connectivity index (χ4n) is 2.25. The van der Waals surface area contributed by atoms with Gasteiger partial charge in [-0.2, -0.15) is 0 Å². The molecule has 0 amide bonds. The third kappa shape index (κ3) is 6.27. The lowest BCUT2D eigenvalue weighted by atomic mass is 9.95. The molecule has 0 fully saturated rings. The van der Waals surface area contributed by atoms with Crippen LogP contribution in [-0.2, 0) is 20.7 Å². The van der Waals surface area contributed by atoms with Gasteiger partial charge in [-0.3, -0.25) is 9.59 Å². The molecular weight excluding hydrogens is 312 g/mol. The van der Waals surface area contributed by atoms with Gasteiger partial charge < -0.3 is 4.74 Å². The summed E-state index contributed by atoms with van der Waals surface area (Å²) in [5.74, 6) is 3.52. The van der Waals surface area contributed by atoms with Crippen molar-refractivity contribution < 1.29 is 14.3 Å². The Morgan fingerprint density at radius 1 is 0.960 bits per heavy atom. The Kier molecular flexibility index (Phi) is 6.14. The second-order valence-electron chi connectivity index (χ2n) is 6.76. The highest BCUT2D eigenvalue weighted by Crippen LogP contribution is 2.16. The van der Waals surface area contributed by atoms with E-state index in [4.69, 9.17) is 4.74 Å². The summed E-state index contributed by atoms with van der Waals surface area (Å²) in [6.45, 7) is 5.35. The fourth-order valence-corrected chi connectivity index (χ4v) is 2.25. The Bertz CT molecular complexity index is 775. The number of hydrogen-bond donors (Lipinski definition) is 0. The molecule has 0 saturated carbocycles. The Hall–Kier alpha value is -2.86. The number of benzene rings is 2. The maximum atomic E-state index is 12.6. The van der Waals surface area contributed by atoms with Crippen molar-refractivity contribution in [1.29, 1.82) is 0 Å². The van der Waals surface area contributed by atoms with Gasteiger partial charge in [0.15, 0.2) is 0 Å². The molecule has 0 aromatic heterocycles. The summed E-state index contributed by atoms with van der Waals surface area (Å²) >= 11 is 0. The zero-order valence-corrected chi connectivity index (χ0v) is 14.8. The van der Waals surface area contributed by atoms with Gasteiger partial charge in [0.2, 0.25) is 5.78 Å². The largest absolute Gasteiger partial charge is 0.459 e. The average Bonchev–Trinajstić information content (AvgIpc) is 2.58. The van der Waals surface area contributed by atoms with Crippen molar-refractivity contribution in [3.8, 4) is 11.8 Å². The minimum Gasteiger partial charge on any atom is -0.459 e. The van der Waals surface area contributed by atoms with Crippen molar-refractivity contribution in [3.63, 3.8) is 0 Å². The van der Waals surface area contributed by atoms with Gasteiger partial charge >= 0.3 is 5.97 Å². The lowest BCUT2D eigenvalue weighted by Crippen LogP contribution is -2.33. The van der Waals surface area contributed by atoms with Crippen LogP contribution in [0.3, 0.4) is 0 Å². The molecule has 0 aliphatic heterocycles. The van der Waals surface area contributed by atoms with Crippen LogP contribution in [0.4, 0.5) is 0 Å². The number of esters is 1. The van der Waals surface area contributed by atoms with Gasteiger partial charge in [0.25, 0.3) is 0 Å². The number of ketones is 1. The van der Waals surface area contributed by atoms with E-state index < -0.39 is 23.3 Å². The Morgan fingerprint density at radius 2 is 1.52 bits per heavy atom. The molecule has 0 heterocycles. The lowest BCUT2D eigenvalue weighted by molar-refractivity contribution is -0.161. The highest BCUT2D eigenvalue weighted by molar-refractivity contribution is 6.09. The van der Waals surface area contributed by atoms with Gasteiger partial charge in [-0.1, -0.05) is 54.5 Å². The second-order valence-corrected chi connectivity index (χ2v) is 6.76. The molecule has 0 saturated heterocycles. The molecule has 0 N–H and O–H groups in total. The van der Waals surface area contributed by atoms with E-state index >= 15 is 0 Å². The number of rotatable bonds is 4. The first-order valence-corrected chi connectivity index (χ1v) is 8.23. The third-order valence-electron chi connectivity index (χ3n) is 3.39. The number of Topliss-reactive ketones (excluding diaryl/α,β-unsaturated/α-hetero) is 1. The summed E-state index contributed by atoms with van der Waals surface area (Å²) in [5, 5.41) is 0. The van der Waals surface area contributed by atoms with Gasteiger partial charge in [-0.25, -0.2) is 0 Å². The van der Waals surface area contributed by atoms with Gasteiger partial charge in [0.05, 0.1) is 0 Å². The van der Waals surface area contributed by atoms with E-state index in [0.29, 0.717) is 0 Å². The molecule has 1 unspecified atom stereocenters. The van der Waals surface area contributed by atoms with Gasteiger partial charge in [-0.15, -0.1) is 0 Å². The molecule has 0 spiro atoms. The Morgan fingerprint density at radius 3 is 2.08 bits per heavy atom. The molecule has 25 heavy (non-hydrogen) atoms. The first-order valence-electron chi connectivity index (χ1n) is 8.23. The highest BCUT2D eigenvalue weighted by Gasteiger charge is 2.30. The summed E-state index contributed by atoms with van der Waals surface area (Å²) in [7, 11) is 0. The molecule has 0 radical (unpaired) electrons. The van der Waals surface area contributed by atoms with Crippen molar-refractivity contribution in [1.82, 2.24) is 0 Å². The van der Waals surface area contributed by atoms with Crippen LogP contribution < -0.4 is 0 Å². The molecule has 128 valence electrons. The van der Waals surface area contributed by atoms with E-state index in [-0.39, 0.29) is 6.42 Å². The summed E-state index contributed by atoms with van der Waals surface area (Å²) in [5.41, 5.74) is 0.978. The van der Waals surface area contributed by atoms with Crippen LogP contribution in [0.15, 0.2) is 60.7 Å². The molecule has 1 atom stereocenters. The summed E-state index contributed by atoms with van der Waals surface area (Å²) in [6, 6.07) is 18.6. The topological polar surface area (TPSA) is 43.4 Å². The van der Waals surface area contributed by atoms with Crippen molar-refractivity contribution in [3.05, 3.63) is 71.8 Å². The number of carbonyl (C=O) groups is 2. The van der Waals surface area contributed by atoms with Crippen LogP contribution >= 0.6 is 0 Å². The molecule has 2 aromatic carbocycles. The minimum absolute atomic E-state index is 0.276. The maximum absolute atomic E-state index is 12.6. The van der Waals surface area contributed by atoms with E-state index in [1.54, 1.807) is 20.8 Å². The van der Waals surface area contributed by atoms with E-state index in [2.05, 4.69) is 11.8 Å². The summed E-state index contributed by atoms with van der Waals surface area (Å²) < 4.78 is 5.42. The van der Waals surface area contributed by atoms with Crippen LogP contribution in [0.5, 0.6) is 0 Å². The monoisotopic (exact) mass is 334 g/mol. The second kappa shape index (κ2) is 8.30. The van der Waals surface area contributed by atoms with E-state index in [0.717, 1.165) is 11.1 Å². The van der Waals surface area contributed by atoms with Gasteiger partial charge in [0.1, 0.15) is 11.5 Å². The van der Waals surface area contributed by atoms with Crippen molar-refractivity contribution >= 4 is 11.8 Å². The van der Waals surface area contributed by atoms with Gasteiger partial charge in [0, 0.05) is 5.56 Å². The van der Waals surface area contributed by atoms with Gasteiger partial charge in [-0.05, 0) is 50.8 Å². The highest BCUT2D eigenvalue weighted by atomic mass is 16.6. The van der Waals surface area contributed by atoms with Crippen LogP contribution in [0.1, 0.15) is 31.9 Å². The van der Waals surface area contributed by atoms with E-state index in [9.17, 15) is 9.59 Å². The molecule has 2 aromatic rings. The average molecular weight is 334 g/mol. The lowest BCUT2D eigenvalue weighted by Gasteiger charge is -2.22. The van der Waals surface area contributed by atoms with E-state index in [1.165, 1.54) is 0 Å². The smallest absolute Gasteiger partial charge is 0.318 e. The zero-order valence-electron chi connectivity index (χ0n) is 14.8. The van der Waals surface area contributed by atoms with Crippen LogP contribution in [0.2, 0.25) is 0 Å². The van der Waals surface area contributed by atoms with Crippen molar-refractivity contribution in [2.24, 2.45) is 5.92 Å². The molecule has 2 rings (SSSR count). The Balaban J connectivity index is 2.22. The maximum Gasteiger partial charge on any atom is 0.318 e. The number of carbonyl (C=O) groups excluding carboxylic acids is 2. The molecule has 3 heteroatoms. The fraction of sp³-hybridized carbons (Fsp3) is 0.273. The minimum atomic E-state index is -0.933. The predicted molar refractivity (Wildman–Crippen MR) is 97.8 cm³/mol. The first-order chi connectivity index (χ1) is 11.8. The quantitative estimate of drug-likeness (QED) is 0.485. The number of ether oxygens (including phenoxy) is 1. The molecule has 0 bridgehead atoms. The molecule has 0 aliphatic carbocycles. The number of hydrogen-bond acceptors (Lipinski definition) is 3. The zero-order chi connectivity index (χ0) is 18.3. The van der Waals surface area contributed by atoms with Crippen LogP contribution in [0, 0.1) is 17.8 Å². The third-order valence-corrected chi connectivity index (χ3v) is 3.39. The first kappa shape index (κ1) is 18.5. The molecular formula is C22H22O3. The summed E-state index contributed by atoms with van der Waals surface area (Å²) in [6.07, 6.45) is 0.276. The normalized spacial score (nSPS) is 11.8. The molecule has 0 aliphatic rings. The van der Waals surface area contributed by atoms with E-state index in [1.807, 2.05) is 60.7 Å². The van der Waals surface area contributed by atoms with Crippen LogP contribution in [-0.4, -0.2) is 17.4 Å². The Labute approximate surface area is 149 Å². The predicted octanol–water partition coefficient (Wildman–Crippen LogP) is 3.81.